The Kier molecular flexibility index (Phi) is 6.06. The number of H-pyrrole nitrogens is 1. The zero-order valence-electron chi connectivity index (χ0n) is 18.2. The number of fused-ring (bicyclic) bond motifs is 1. The zero-order valence-corrected chi connectivity index (χ0v) is 19.1. The van der Waals surface area contributed by atoms with Crippen LogP contribution in [0.2, 0.25) is 0 Å². The maximum Gasteiger partial charge on any atom is 0.264 e. The quantitative estimate of drug-likeness (QED) is 0.639. The van der Waals surface area contributed by atoms with Gasteiger partial charge in [0.15, 0.2) is 0 Å². The predicted octanol–water partition coefficient (Wildman–Crippen LogP) is 3.62. The van der Waals surface area contributed by atoms with Crippen molar-refractivity contribution in [2.75, 3.05) is 23.9 Å². The van der Waals surface area contributed by atoms with Gasteiger partial charge in [-0.1, -0.05) is 25.1 Å². The van der Waals surface area contributed by atoms with E-state index in [4.69, 9.17) is 0 Å². The first-order chi connectivity index (χ1) is 15.3. The second-order valence-corrected chi connectivity index (χ2v) is 10.1. The van der Waals surface area contributed by atoms with Crippen LogP contribution in [0.3, 0.4) is 0 Å². The SMILES string of the molecule is CCN(c1ccccc1)S(=O)(=O)c1ccc2[nH]cc(C(=O)N3CCC(C)CC3)c(=O)c2c1. The molecule has 2 heterocycles. The van der Waals surface area contributed by atoms with Gasteiger partial charge in [-0.2, -0.15) is 0 Å². The smallest absolute Gasteiger partial charge is 0.264 e. The van der Waals surface area contributed by atoms with Crippen molar-refractivity contribution in [2.45, 2.75) is 31.6 Å². The van der Waals surface area contributed by atoms with Crippen molar-refractivity contribution >= 4 is 32.5 Å². The number of aromatic nitrogens is 1. The van der Waals surface area contributed by atoms with E-state index in [2.05, 4.69) is 11.9 Å². The Bertz CT molecular complexity index is 1290. The third-order valence-electron chi connectivity index (χ3n) is 6.07. The van der Waals surface area contributed by atoms with Crippen LogP contribution in [0.5, 0.6) is 0 Å². The summed E-state index contributed by atoms with van der Waals surface area (Å²) in [4.78, 5) is 30.9. The second kappa shape index (κ2) is 8.78. The number of anilines is 1. The number of likely N-dealkylation sites (tertiary alicyclic amines) is 1. The number of para-hydroxylation sites is 1. The van der Waals surface area contributed by atoms with E-state index in [-0.39, 0.29) is 28.3 Å². The molecule has 0 spiro atoms. The number of rotatable bonds is 5. The van der Waals surface area contributed by atoms with E-state index >= 15 is 0 Å². The maximum atomic E-state index is 13.4. The summed E-state index contributed by atoms with van der Waals surface area (Å²) in [6, 6.07) is 13.2. The minimum Gasteiger partial charge on any atom is -0.360 e. The number of carbonyl (C=O) groups excluding carboxylic acids is 1. The summed E-state index contributed by atoms with van der Waals surface area (Å²) < 4.78 is 28.0. The first kappa shape index (κ1) is 22.1. The van der Waals surface area contributed by atoms with E-state index in [0.29, 0.717) is 30.2 Å². The second-order valence-electron chi connectivity index (χ2n) is 8.22. The topological polar surface area (TPSA) is 90.6 Å². The number of amides is 1. The van der Waals surface area contributed by atoms with Crippen molar-refractivity contribution in [3.63, 3.8) is 0 Å². The van der Waals surface area contributed by atoms with Gasteiger partial charge in [0.2, 0.25) is 5.43 Å². The molecule has 0 unspecified atom stereocenters. The van der Waals surface area contributed by atoms with Gasteiger partial charge < -0.3 is 9.88 Å². The highest BCUT2D eigenvalue weighted by molar-refractivity contribution is 7.92. The van der Waals surface area contributed by atoms with Gasteiger partial charge in [0.05, 0.1) is 10.6 Å². The molecule has 1 N–H and O–H groups in total. The molecule has 1 fully saturated rings. The summed E-state index contributed by atoms with van der Waals surface area (Å²) in [6.45, 7) is 5.39. The molecule has 1 aliphatic rings. The van der Waals surface area contributed by atoms with Crippen LogP contribution in [-0.2, 0) is 10.0 Å². The Labute approximate surface area is 187 Å². The van der Waals surface area contributed by atoms with Gasteiger partial charge in [-0.05, 0) is 56.0 Å². The van der Waals surface area contributed by atoms with Gasteiger partial charge in [0.25, 0.3) is 15.9 Å². The zero-order chi connectivity index (χ0) is 22.9. The molecule has 0 radical (unpaired) electrons. The van der Waals surface area contributed by atoms with E-state index in [1.54, 1.807) is 42.2 Å². The first-order valence-corrected chi connectivity index (χ1v) is 12.3. The van der Waals surface area contributed by atoms with Crippen LogP contribution in [0.15, 0.2) is 64.4 Å². The lowest BCUT2D eigenvalue weighted by Gasteiger charge is -2.30. The number of nitrogens with one attached hydrogen (secondary N) is 1. The van der Waals surface area contributed by atoms with Crippen molar-refractivity contribution in [3.05, 3.63) is 70.5 Å². The Morgan fingerprint density at radius 3 is 2.47 bits per heavy atom. The summed E-state index contributed by atoms with van der Waals surface area (Å²) in [5.74, 6) is 0.251. The number of hydrogen-bond acceptors (Lipinski definition) is 4. The molecule has 0 saturated carbocycles. The molecule has 0 bridgehead atoms. The van der Waals surface area contributed by atoms with Crippen molar-refractivity contribution in [1.29, 1.82) is 0 Å². The minimum atomic E-state index is -3.89. The summed E-state index contributed by atoms with van der Waals surface area (Å²) in [7, 11) is -3.89. The molecule has 3 aromatic rings. The minimum absolute atomic E-state index is 0.0117. The molecule has 1 aliphatic heterocycles. The van der Waals surface area contributed by atoms with Crippen LogP contribution in [-0.4, -0.2) is 43.8 Å². The predicted molar refractivity (Wildman–Crippen MR) is 126 cm³/mol. The molecule has 7 nitrogen and oxygen atoms in total. The number of aromatic amines is 1. The standard InChI is InChI=1S/C24H27N3O4S/c1-3-27(18-7-5-4-6-8-18)32(30,31)19-9-10-22-20(15-19)23(28)21(16-25-22)24(29)26-13-11-17(2)12-14-26/h4-10,15-17H,3,11-14H2,1-2H3,(H,25,28). The van der Waals surface area contributed by atoms with Crippen LogP contribution in [0.1, 0.15) is 37.0 Å². The molecule has 168 valence electrons. The van der Waals surface area contributed by atoms with Crippen molar-refractivity contribution in [3.8, 4) is 0 Å². The monoisotopic (exact) mass is 453 g/mol. The molecule has 32 heavy (non-hydrogen) atoms. The maximum absolute atomic E-state index is 13.4. The van der Waals surface area contributed by atoms with Gasteiger partial charge in [-0.25, -0.2) is 8.42 Å². The van der Waals surface area contributed by atoms with Crippen molar-refractivity contribution in [1.82, 2.24) is 9.88 Å². The number of hydrogen-bond donors (Lipinski definition) is 1. The largest absolute Gasteiger partial charge is 0.360 e. The lowest BCUT2D eigenvalue weighted by atomic mass is 9.98. The van der Waals surface area contributed by atoms with Crippen molar-refractivity contribution < 1.29 is 13.2 Å². The Balaban J connectivity index is 1.74. The van der Waals surface area contributed by atoms with Crippen LogP contribution in [0, 0.1) is 5.92 Å². The Hall–Kier alpha value is -3.13. The summed E-state index contributed by atoms with van der Waals surface area (Å²) in [5.41, 5.74) is 0.618. The molecule has 0 atom stereocenters. The van der Waals surface area contributed by atoms with E-state index < -0.39 is 15.5 Å². The number of sulfonamides is 1. The molecular formula is C24H27N3O4S. The molecule has 2 aromatic carbocycles. The van der Waals surface area contributed by atoms with E-state index in [0.717, 1.165) is 12.8 Å². The van der Waals surface area contributed by atoms with Crippen molar-refractivity contribution in [2.24, 2.45) is 5.92 Å². The van der Waals surface area contributed by atoms with E-state index in [1.807, 2.05) is 6.07 Å². The summed E-state index contributed by atoms with van der Waals surface area (Å²) in [6.07, 6.45) is 3.25. The lowest BCUT2D eigenvalue weighted by Crippen LogP contribution is -2.40. The summed E-state index contributed by atoms with van der Waals surface area (Å²) >= 11 is 0. The van der Waals surface area contributed by atoms with Crippen LogP contribution in [0.25, 0.3) is 10.9 Å². The van der Waals surface area contributed by atoms with Crippen LogP contribution >= 0.6 is 0 Å². The molecule has 1 aromatic heterocycles. The average Bonchev–Trinajstić information content (AvgIpc) is 2.80. The molecule has 0 aliphatic carbocycles. The lowest BCUT2D eigenvalue weighted by molar-refractivity contribution is 0.0696. The molecule has 8 heteroatoms. The number of nitrogens with zero attached hydrogens (tertiary/aromatic N) is 2. The normalized spacial score (nSPS) is 15.1. The highest BCUT2D eigenvalue weighted by atomic mass is 32.2. The summed E-state index contributed by atoms with van der Waals surface area (Å²) in [5, 5.41) is 0.186. The molecule has 1 amide bonds. The Morgan fingerprint density at radius 2 is 1.81 bits per heavy atom. The van der Waals surface area contributed by atoms with Gasteiger partial charge >= 0.3 is 0 Å². The number of pyridine rings is 1. The fourth-order valence-corrected chi connectivity index (χ4v) is 5.61. The molecule has 4 rings (SSSR count). The van der Waals surface area contributed by atoms with Gasteiger partial charge in [-0.3, -0.25) is 13.9 Å². The number of piperidine rings is 1. The highest BCUT2D eigenvalue weighted by Crippen LogP contribution is 2.25. The van der Waals surface area contributed by atoms with Gasteiger partial charge in [0, 0.05) is 36.7 Å². The molecular weight excluding hydrogens is 426 g/mol. The third kappa shape index (κ3) is 4.02. The van der Waals surface area contributed by atoms with Gasteiger partial charge in [0.1, 0.15) is 5.56 Å². The molecule has 1 saturated heterocycles. The first-order valence-electron chi connectivity index (χ1n) is 10.9. The van der Waals surface area contributed by atoms with Crippen LogP contribution in [0.4, 0.5) is 5.69 Å². The fourth-order valence-electron chi connectivity index (χ4n) is 4.11. The van der Waals surface area contributed by atoms with Crippen LogP contribution < -0.4 is 9.73 Å². The Morgan fingerprint density at radius 1 is 1.12 bits per heavy atom. The third-order valence-corrected chi connectivity index (χ3v) is 7.97. The highest BCUT2D eigenvalue weighted by Gasteiger charge is 2.26. The number of benzene rings is 2. The fraction of sp³-hybridized carbons (Fsp3) is 0.333. The van der Waals surface area contributed by atoms with E-state index in [9.17, 15) is 18.0 Å². The van der Waals surface area contributed by atoms with E-state index in [1.165, 1.54) is 22.6 Å². The number of carbonyl (C=O) groups is 1. The van der Waals surface area contributed by atoms with Gasteiger partial charge in [-0.15, -0.1) is 0 Å². The average molecular weight is 454 g/mol.